The second-order valence-corrected chi connectivity index (χ2v) is 9.18. The maximum Gasteiger partial charge on any atom is 0.313 e. The van der Waals surface area contributed by atoms with Gasteiger partial charge in [-0.2, -0.15) is 0 Å². The zero-order valence-corrected chi connectivity index (χ0v) is 21.1. The minimum absolute atomic E-state index is 0.00735. The molecule has 5 nitrogen and oxygen atoms in total. The van der Waals surface area contributed by atoms with Crippen molar-refractivity contribution in [3.63, 3.8) is 0 Å². The first kappa shape index (κ1) is 25.1. The molecule has 4 rings (SSSR count). The van der Waals surface area contributed by atoms with Gasteiger partial charge in [0.1, 0.15) is 12.9 Å². The van der Waals surface area contributed by atoms with Gasteiger partial charge >= 0.3 is 5.97 Å². The number of aromatic nitrogens is 2. The molecule has 2 unspecified atom stereocenters. The van der Waals surface area contributed by atoms with Crippen LogP contribution >= 0.6 is 0 Å². The van der Waals surface area contributed by atoms with Crippen LogP contribution in [0, 0.1) is 6.92 Å². The first-order valence-corrected chi connectivity index (χ1v) is 12.3. The van der Waals surface area contributed by atoms with Crippen LogP contribution in [-0.4, -0.2) is 21.4 Å². The Morgan fingerprint density at radius 3 is 2.33 bits per heavy atom. The maximum absolute atomic E-state index is 12.7. The van der Waals surface area contributed by atoms with Crippen LogP contribution in [0.15, 0.2) is 91.4 Å². The fourth-order valence-electron chi connectivity index (χ4n) is 4.36. The van der Waals surface area contributed by atoms with E-state index in [1.807, 2.05) is 92.8 Å². The number of benzene rings is 3. The van der Waals surface area contributed by atoms with Crippen molar-refractivity contribution in [2.75, 3.05) is 0 Å². The first-order chi connectivity index (χ1) is 17.4. The number of nitrogens with zero attached hydrogens (tertiary/aromatic N) is 2. The zero-order chi connectivity index (χ0) is 25.5. The number of rotatable bonds is 9. The van der Waals surface area contributed by atoms with E-state index in [1.54, 1.807) is 10.9 Å². The highest BCUT2D eigenvalue weighted by molar-refractivity contribution is 5.79. The van der Waals surface area contributed by atoms with E-state index in [4.69, 9.17) is 4.74 Å². The third kappa shape index (κ3) is 5.98. The lowest BCUT2D eigenvalue weighted by molar-refractivity contribution is -0.146. The predicted molar refractivity (Wildman–Crippen MR) is 141 cm³/mol. The molecular weight excluding hydrogens is 448 g/mol. The van der Waals surface area contributed by atoms with Crippen molar-refractivity contribution < 1.29 is 14.3 Å². The molecule has 184 valence electrons. The Morgan fingerprint density at radius 1 is 0.917 bits per heavy atom. The summed E-state index contributed by atoms with van der Waals surface area (Å²) < 4.78 is 7.25. The van der Waals surface area contributed by atoms with Crippen LogP contribution in [0.4, 0.5) is 0 Å². The number of hydrogen-bond donors (Lipinski definition) is 0. The third-order valence-corrected chi connectivity index (χ3v) is 6.78. The minimum Gasteiger partial charge on any atom is -0.460 e. The summed E-state index contributed by atoms with van der Waals surface area (Å²) in [6, 6.07) is 25.7. The highest BCUT2D eigenvalue weighted by Crippen LogP contribution is 2.28. The maximum atomic E-state index is 12.7. The topological polar surface area (TPSA) is 61.2 Å². The van der Waals surface area contributed by atoms with Gasteiger partial charge in [0.2, 0.25) is 5.91 Å². The van der Waals surface area contributed by atoms with E-state index >= 15 is 0 Å². The zero-order valence-electron chi connectivity index (χ0n) is 21.1. The SMILES string of the molecule is Cc1c(COC(=O)C(C)c2ccccc2)cccc1C(C)c1cn(C(=O)CCc2ccccc2)cn1. The lowest BCUT2D eigenvalue weighted by Gasteiger charge is -2.17. The van der Waals surface area contributed by atoms with E-state index in [-0.39, 0.29) is 30.3 Å². The summed E-state index contributed by atoms with van der Waals surface area (Å²) in [7, 11) is 0. The van der Waals surface area contributed by atoms with Crippen LogP contribution in [0.1, 0.15) is 70.4 Å². The van der Waals surface area contributed by atoms with Crippen LogP contribution in [0.25, 0.3) is 0 Å². The van der Waals surface area contributed by atoms with E-state index in [9.17, 15) is 9.59 Å². The molecule has 0 aliphatic carbocycles. The summed E-state index contributed by atoms with van der Waals surface area (Å²) >= 11 is 0. The van der Waals surface area contributed by atoms with E-state index in [0.717, 1.165) is 33.5 Å². The van der Waals surface area contributed by atoms with Gasteiger partial charge in [-0.25, -0.2) is 4.98 Å². The van der Waals surface area contributed by atoms with Crippen LogP contribution < -0.4 is 0 Å². The Bertz CT molecular complexity index is 1310. The molecule has 0 saturated heterocycles. The summed E-state index contributed by atoms with van der Waals surface area (Å²) in [6.45, 7) is 6.20. The molecule has 0 aliphatic rings. The van der Waals surface area contributed by atoms with Crippen molar-refractivity contribution in [1.82, 2.24) is 9.55 Å². The van der Waals surface area contributed by atoms with Crippen molar-refractivity contribution in [3.05, 3.63) is 125 Å². The van der Waals surface area contributed by atoms with E-state index in [1.165, 1.54) is 0 Å². The van der Waals surface area contributed by atoms with Gasteiger partial charge < -0.3 is 4.74 Å². The number of esters is 1. The molecule has 1 heterocycles. The molecule has 0 bridgehead atoms. The highest BCUT2D eigenvalue weighted by atomic mass is 16.5. The molecule has 0 fully saturated rings. The molecule has 3 aromatic carbocycles. The van der Waals surface area contributed by atoms with Crippen LogP contribution in [0.2, 0.25) is 0 Å². The molecular formula is C31H32N2O3. The Hall–Kier alpha value is -3.99. The summed E-state index contributed by atoms with van der Waals surface area (Å²) in [6.07, 6.45) is 4.55. The third-order valence-electron chi connectivity index (χ3n) is 6.78. The van der Waals surface area contributed by atoms with Gasteiger partial charge in [0.25, 0.3) is 0 Å². The van der Waals surface area contributed by atoms with Gasteiger partial charge in [-0.05, 0) is 48.1 Å². The number of carbonyl (C=O) groups is 2. The first-order valence-electron chi connectivity index (χ1n) is 12.3. The van der Waals surface area contributed by atoms with Gasteiger partial charge in [0, 0.05) is 18.5 Å². The van der Waals surface area contributed by atoms with E-state index in [0.29, 0.717) is 12.8 Å². The molecule has 5 heteroatoms. The minimum atomic E-state index is -0.322. The second-order valence-electron chi connectivity index (χ2n) is 9.18. The van der Waals surface area contributed by atoms with Crippen molar-refractivity contribution in [3.8, 4) is 0 Å². The molecule has 0 spiro atoms. The molecule has 0 saturated carbocycles. The Labute approximate surface area is 212 Å². The molecule has 0 aliphatic heterocycles. The fraction of sp³-hybridized carbons (Fsp3) is 0.258. The molecule has 0 amide bonds. The highest BCUT2D eigenvalue weighted by Gasteiger charge is 2.19. The van der Waals surface area contributed by atoms with Crippen LogP contribution in [0.5, 0.6) is 0 Å². The monoisotopic (exact) mass is 480 g/mol. The van der Waals surface area contributed by atoms with Gasteiger partial charge in [0.15, 0.2) is 0 Å². The summed E-state index contributed by atoms with van der Waals surface area (Å²) in [5.74, 6) is -0.550. The predicted octanol–water partition coefficient (Wildman–Crippen LogP) is 6.46. The largest absolute Gasteiger partial charge is 0.460 e. The Kier molecular flexibility index (Phi) is 8.11. The van der Waals surface area contributed by atoms with Gasteiger partial charge in [0.05, 0.1) is 11.6 Å². The Morgan fingerprint density at radius 2 is 1.61 bits per heavy atom. The molecule has 36 heavy (non-hydrogen) atoms. The number of carbonyl (C=O) groups excluding carboxylic acids is 2. The number of aryl methyl sites for hydroxylation is 1. The second kappa shape index (κ2) is 11.6. The normalized spacial score (nSPS) is 12.6. The van der Waals surface area contributed by atoms with Crippen molar-refractivity contribution in [1.29, 1.82) is 0 Å². The Balaban J connectivity index is 1.40. The van der Waals surface area contributed by atoms with Crippen LogP contribution in [0.3, 0.4) is 0 Å². The number of hydrogen-bond acceptors (Lipinski definition) is 4. The van der Waals surface area contributed by atoms with Crippen molar-refractivity contribution in [2.45, 2.75) is 52.1 Å². The van der Waals surface area contributed by atoms with Gasteiger partial charge in [-0.15, -0.1) is 0 Å². The average molecular weight is 481 g/mol. The lowest BCUT2D eigenvalue weighted by atomic mass is 9.91. The van der Waals surface area contributed by atoms with Crippen molar-refractivity contribution in [2.24, 2.45) is 0 Å². The average Bonchev–Trinajstić information content (AvgIpc) is 3.42. The van der Waals surface area contributed by atoms with Gasteiger partial charge in [-0.3, -0.25) is 14.2 Å². The number of ether oxygens (including phenoxy) is 1. The summed E-state index contributed by atoms with van der Waals surface area (Å²) in [4.78, 5) is 29.8. The summed E-state index contributed by atoms with van der Waals surface area (Å²) in [5.41, 5.74) is 6.04. The van der Waals surface area contributed by atoms with Crippen molar-refractivity contribution >= 4 is 11.9 Å². The van der Waals surface area contributed by atoms with E-state index in [2.05, 4.69) is 18.0 Å². The molecule has 4 aromatic rings. The van der Waals surface area contributed by atoms with Gasteiger partial charge in [-0.1, -0.05) is 85.8 Å². The fourth-order valence-corrected chi connectivity index (χ4v) is 4.36. The van der Waals surface area contributed by atoms with E-state index < -0.39 is 0 Å². The lowest BCUT2D eigenvalue weighted by Crippen LogP contribution is -2.14. The standard InChI is InChI=1S/C31H32N2O3/c1-22-27(20-36-31(35)23(2)26-13-8-5-9-14-26)15-10-16-28(22)24(3)29-19-33(21-32-29)30(34)18-17-25-11-6-4-7-12-25/h4-16,19,21,23-24H,17-18,20H2,1-3H3. The molecule has 1 aromatic heterocycles. The quantitative estimate of drug-likeness (QED) is 0.258. The summed E-state index contributed by atoms with van der Waals surface area (Å²) in [5, 5.41) is 0. The molecule has 2 atom stereocenters. The molecule has 0 N–H and O–H groups in total. The smallest absolute Gasteiger partial charge is 0.313 e. The van der Waals surface area contributed by atoms with Crippen LogP contribution in [-0.2, 0) is 22.6 Å². The number of imidazole rings is 1. The molecule has 0 radical (unpaired) electrons.